The standard InChI is InChI=1S/C22H22F3N7O/c1-12-17(14(3)32-21(26-12)28-20(30-32)22(23,24)25)10-11-18(33)27-19-13(2)29-31(15(19)4)16-8-6-5-7-9-16/h5-9H,10-11H2,1-4H3,(H,27,33). The number of carbonyl (C=O) groups excluding carboxylic acids is 1. The van der Waals surface area contributed by atoms with E-state index < -0.39 is 12.0 Å². The molecule has 0 saturated carbocycles. The van der Waals surface area contributed by atoms with Gasteiger partial charge in [0.15, 0.2) is 0 Å². The first kappa shape index (κ1) is 22.4. The Labute approximate surface area is 187 Å². The van der Waals surface area contributed by atoms with Crippen molar-refractivity contribution in [1.29, 1.82) is 0 Å². The van der Waals surface area contributed by atoms with E-state index in [2.05, 4.69) is 25.5 Å². The highest BCUT2D eigenvalue weighted by Gasteiger charge is 2.37. The minimum atomic E-state index is -4.66. The Balaban J connectivity index is 1.52. The quantitative estimate of drug-likeness (QED) is 0.487. The molecule has 0 atom stereocenters. The number of carbonyl (C=O) groups is 1. The summed E-state index contributed by atoms with van der Waals surface area (Å²) in [4.78, 5) is 20.3. The lowest BCUT2D eigenvalue weighted by Gasteiger charge is -2.11. The number of anilines is 1. The van der Waals surface area contributed by atoms with Crippen LogP contribution in [0.1, 0.15) is 40.6 Å². The lowest BCUT2D eigenvalue weighted by molar-refractivity contribution is -0.144. The number of para-hydroxylation sites is 1. The maximum Gasteiger partial charge on any atom is 0.453 e. The fourth-order valence-electron chi connectivity index (χ4n) is 3.77. The number of alkyl halides is 3. The molecular weight excluding hydrogens is 435 g/mol. The van der Waals surface area contributed by atoms with Gasteiger partial charge in [0.1, 0.15) is 0 Å². The van der Waals surface area contributed by atoms with E-state index in [1.165, 1.54) is 0 Å². The molecule has 0 aliphatic heterocycles. The summed E-state index contributed by atoms with van der Waals surface area (Å²) in [6.45, 7) is 7.01. The number of fused-ring (bicyclic) bond motifs is 1. The molecule has 0 spiro atoms. The molecule has 3 aromatic heterocycles. The summed E-state index contributed by atoms with van der Waals surface area (Å²) >= 11 is 0. The van der Waals surface area contributed by atoms with Crippen LogP contribution in [0.4, 0.5) is 18.9 Å². The van der Waals surface area contributed by atoms with Gasteiger partial charge in [-0.25, -0.2) is 14.2 Å². The number of nitrogens with one attached hydrogen (secondary N) is 1. The van der Waals surface area contributed by atoms with Crippen LogP contribution in [-0.2, 0) is 17.4 Å². The third-order valence-electron chi connectivity index (χ3n) is 5.46. The molecule has 1 N–H and O–H groups in total. The normalized spacial score (nSPS) is 11.8. The van der Waals surface area contributed by atoms with Crippen molar-refractivity contribution in [1.82, 2.24) is 29.4 Å². The van der Waals surface area contributed by atoms with E-state index in [1.54, 1.807) is 18.5 Å². The van der Waals surface area contributed by atoms with Crippen LogP contribution in [0.2, 0.25) is 0 Å². The molecule has 11 heteroatoms. The number of aromatic nitrogens is 6. The van der Waals surface area contributed by atoms with Crippen molar-refractivity contribution in [3.63, 3.8) is 0 Å². The molecule has 8 nitrogen and oxygen atoms in total. The third kappa shape index (κ3) is 4.30. The van der Waals surface area contributed by atoms with Gasteiger partial charge < -0.3 is 5.32 Å². The van der Waals surface area contributed by atoms with Crippen LogP contribution in [0.25, 0.3) is 11.5 Å². The molecule has 3 heterocycles. The van der Waals surface area contributed by atoms with Gasteiger partial charge in [-0.1, -0.05) is 18.2 Å². The van der Waals surface area contributed by atoms with Gasteiger partial charge in [-0.3, -0.25) is 4.79 Å². The average Bonchev–Trinajstić information content (AvgIpc) is 3.31. The van der Waals surface area contributed by atoms with Crippen molar-refractivity contribution in [3.05, 3.63) is 64.5 Å². The van der Waals surface area contributed by atoms with Crippen molar-refractivity contribution in [2.24, 2.45) is 0 Å². The fourth-order valence-corrected chi connectivity index (χ4v) is 3.77. The van der Waals surface area contributed by atoms with Gasteiger partial charge in [0.2, 0.25) is 5.91 Å². The van der Waals surface area contributed by atoms with Crippen LogP contribution in [0.15, 0.2) is 30.3 Å². The predicted molar refractivity (Wildman–Crippen MR) is 115 cm³/mol. The van der Waals surface area contributed by atoms with Gasteiger partial charge in [-0.15, -0.1) is 5.10 Å². The second kappa shape index (κ2) is 8.30. The molecule has 4 rings (SSSR count). The van der Waals surface area contributed by atoms with Crippen LogP contribution in [-0.4, -0.2) is 35.3 Å². The second-order valence-electron chi connectivity index (χ2n) is 7.75. The van der Waals surface area contributed by atoms with E-state index in [0.717, 1.165) is 15.9 Å². The number of aryl methyl sites for hydroxylation is 3. The zero-order chi connectivity index (χ0) is 23.9. The molecule has 0 fully saturated rings. The average molecular weight is 457 g/mol. The summed E-state index contributed by atoms with van der Waals surface area (Å²) in [5, 5.41) is 11.0. The highest BCUT2D eigenvalue weighted by molar-refractivity contribution is 5.92. The van der Waals surface area contributed by atoms with Crippen LogP contribution >= 0.6 is 0 Å². The monoisotopic (exact) mass is 457 g/mol. The highest BCUT2D eigenvalue weighted by Crippen LogP contribution is 2.27. The Kier molecular flexibility index (Phi) is 5.64. The minimum absolute atomic E-state index is 0.116. The first-order chi connectivity index (χ1) is 15.6. The highest BCUT2D eigenvalue weighted by atomic mass is 19.4. The topological polar surface area (TPSA) is 90.0 Å². The van der Waals surface area contributed by atoms with Crippen LogP contribution < -0.4 is 5.32 Å². The van der Waals surface area contributed by atoms with Gasteiger partial charge in [-0.2, -0.15) is 23.3 Å². The number of halogens is 3. The summed E-state index contributed by atoms with van der Waals surface area (Å²) in [6, 6.07) is 9.58. The first-order valence-electron chi connectivity index (χ1n) is 10.3. The molecule has 33 heavy (non-hydrogen) atoms. The van der Waals surface area contributed by atoms with Gasteiger partial charge in [0.05, 0.1) is 22.8 Å². The van der Waals surface area contributed by atoms with E-state index in [0.29, 0.717) is 34.8 Å². The van der Waals surface area contributed by atoms with E-state index in [4.69, 9.17) is 0 Å². The number of rotatable bonds is 5. The lowest BCUT2D eigenvalue weighted by Crippen LogP contribution is -2.15. The van der Waals surface area contributed by atoms with Crippen LogP contribution in [0, 0.1) is 27.7 Å². The van der Waals surface area contributed by atoms with Gasteiger partial charge in [0, 0.05) is 17.8 Å². The minimum Gasteiger partial charge on any atom is -0.323 e. The number of amides is 1. The molecule has 4 aromatic rings. The maximum absolute atomic E-state index is 13.0. The number of benzene rings is 1. The van der Waals surface area contributed by atoms with E-state index in [1.807, 2.05) is 44.2 Å². The fraction of sp³-hybridized carbons (Fsp3) is 0.318. The van der Waals surface area contributed by atoms with Crippen molar-refractivity contribution in [3.8, 4) is 5.69 Å². The second-order valence-corrected chi connectivity index (χ2v) is 7.75. The Morgan fingerprint density at radius 3 is 2.33 bits per heavy atom. The van der Waals surface area contributed by atoms with Crippen molar-refractivity contribution < 1.29 is 18.0 Å². The Morgan fingerprint density at radius 1 is 0.970 bits per heavy atom. The van der Waals surface area contributed by atoms with E-state index in [9.17, 15) is 18.0 Å². The molecule has 0 saturated heterocycles. The number of hydrogen-bond donors (Lipinski definition) is 1. The summed E-state index contributed by atoms with van der Waals surface area (Å²) < 4.78 is 41.7. The summed E-state index contributed by atoms with van der Waals surface area (Å²) in [7, 11) is 0. The molecular formula is C22H22F3N7O. The zero-order valence-electron chi connectivity index (χ0n) is 18.5. The predicted octanol–water partition coefficient (Wildman–Crippen LogP) is 4.13. The molecule has 172 valence electrons. The number of hydrogen-bond acceptors (Lipinski definition) is 5. The van der Waals surface area contributed by atoms with E-state index >= 15 is 0 Å². The summed E-state index contributed by atoms with van der Waals surface area (Å²) in [5.74, 6) is -1.60. The third-order valence-corrected chi connectivity index (χ3v) is 5.46. The SMILES string of the molecule is Cc1nc2nc(C(F)(F)F)nn2c(C)c1CCC(=O)Nc1c(C)nn(-c2ccccc2)c1C. The van der Waals surface area contributed by atoms with Crippen molar-refractivity contribution >= 4 is 17.4 Å². The maximum atomic E-state index is 13.0. The van der Waals surface area contributed by atoms with Gasteiger partial charge >= 0.3 is 6.18 Å². The number of nitrogens with zero attached hydrogens (tertiary/aromatic N) is 6. The Hall–Kier alpha value is -3.76. The van der Waals surface area contributed by atoms with Crippen molar-refractivity contribution in [2.75, 3.05) is 5.32 Å². The molecule has 1 aromatic carbocycles. The molecule has 0 aliphatic rings. The van der Waals surface area contributed by atoms with Crippen LogP contribution in [0.5, 0.6) is 0 Å². The molecule has 0 aliphatic carbocycles. The Bertz CT molecular complexity index is 1340. The Morgan fingerprint density at radius 2 is 1.67 bits per heavy atom. The first-order valence-corrected chi connectivity index (χ1v) is 10.3. The van der Waals surface area contributed by atoms with Gasteiger partial charge in [0.25, 0.3) is 11.6 Å². The molecule has 0 unspecified atom stereocenters. The molecule has 0 radical (unpaired) electrons. The van der Waals surface area contributed by atoms with Gasteiger partial charge in [-0.05, 0) is 51.8 Å². The lowest BCUT2D eigenvalue weighted by atomic mass is 10.1. The largest absolute Gasteiger partial charge is 0.453 e. The van der Waals surface area contributed by atoms with Crippen LogP contribution in [0.3, 0.4) is 0 Å². The van der Waals surface area contributed by atoms with Crippen molar-refractivity contribution in [2.45, 2.75) is 46.7 Å². The van der Waals surface area contributed by atoms with E-state index in [-0.39, 0.29) is 18.1 Å². The zero-order valence-corrected chi connectivity index (χ0v) is 18.5. The smallest absolute Gasteiger partial charge is 0.323 e. The summed E-state index contributed by atoms with van der Waals surface area (Å²) in [5.41, 5.74) is 4.64. The molecule has 0 bridgehead atoms. The summed E-state index contributed by atoms with van der Waals surface area (Å²) in [6.07, 6.45) is -4.25. The molecule has 1 amide bonds.